The van der Waals surface area contributed by atoms with Gasteiger partial charge in [0.2, 0.25) is 5.95 Å². The van der Waals surface area contributed by atoms with E-state index in [2.05, 4.69) is 20.6 Å². The van der Waals surface area contributed by atoms with Crippen LogP contribution >= 0.6 is 11.6 Å². The Hall–Kier alpha value is -3.13. The first-order valence-corrected chi connectivity index (χ1v) is 8.08. The molecule has 0 radical (unpaired) electrons. The van der Waals surface area contributed by atoms with Gasteiger partial charge >= 0.3 is 0 Å². The zero-order valence-electron chi connectivity index (χ0n) is 13.6. The van der Waals surface area contributed by atoms with E-state index in [1.807, 2.05) is 0 Å². The molecule has 3 rings (SSSR count). The van der Waals surface area contributed by atoms with E-state index in [9.17, 15) is 18.0 Å². The third-order valence-corrected chi connectivity index (χ3v) is 3.79. The maximum Gasteiger partial charge on any atom is 0.270 e. The lowest BCUT2D eigenvalue weighted by Crippen LogP contribution is -2.24. The minimum Gasteiger partial charge on any atom is -0.347 e. The van der Waals surface area contributed by atoms with Gasteiger partial charge < -0.3 is 10.6 Å². The first-order valence-electron chi connectivity index (χ1n) is 7.70. The number of nitrogens with zero attached hydrogens (tertiary/aromatic N) is 2. The van der Waals surface area contributed by atoms with Crippen LogP contribution in [0.4, 0.5) is 24.8 Å². The summed E-state index contributed by atoms with van der Waals surface area (Å²) in [5.74, 6) is -4.96. The lowest BCUT2D eigenvalue weighted by atomic mass is 10.2. The fourth-order valence-corrected chi connectivity index (χ4v) is 2.29. The molecule has 0 saturated carbocycles. The molecule has 2 N–H and O–H groups in total. The fraction of sp³-hybridized carbons (Fsp3) is 0.0556. The van der Waals surface area contributed by atoms with E-state index < -0.39 is 23.4 Å². The molecule has 27 heavy (non-hydrogen) atoms. The van der Waals surface area contributed by atoms with Crippen LogP contribution in [0.25, 0.3) is 0 Å². The Bertz CT molecular complexity index is 983. The van der Waals surface area contributed by atoms with E-state index >= 15 is 0 Å². The standard InChI is InChI=1S/C18H12ClF3N4O/c19-11-3-1-10(2-4-11)9-24-17(27)14-7-8-23-18(26-14)25-13-6-5-12(20)15(21)16(13)22/h1-8H,9H2,(H,24,27)(H,23,25,26). The Morgan fingerprint density at radius 3 is 2.48 bits per heavy atom. The van der Waals surface area contributed by atoms with Gasteiger partial charge in [0, 0.05) is 17.8 Å². The number of anilines is 2. The number of carbonyl (C=O) groups excluding carboxylic acids is 1. The molecule has 5 nitrogen and oxygen atoms in total. The summed E-state index contributed by atoms with van der Waals surface area (Å²) in [5.41, 5.74) is 0.501. The Morgan fingerprint density at radius 1 is 1.00 bits per heavy atom. The largest absolute Gasteiger partial charge is 0.347 e. The predicted octanol–water partition coefficient (Wildman–Crippen LogP) is 4.22. The van der Waals surface area contributed by atoms with E-state index in [0.717, 1.165) is 17.7 Å². The van der Waals surface area contributed by atoms with Crippen LogP contribution in [0.3, 0.4) is 0 Å². The topological polar surface area (TPSA) is 66.9 Å². The molecule has 0 fully saturated rings. The van der Waals surface area contributed by atoms with Crippen molar-refractivity contribution in [1.29, 1.82) is 0 Å². The molecule has 138 valence electrons. The molecular formula is C18H12ClF3N4O. The number of aromatic nitrogens is 2. The summed E-state index contributed by atoms with van der Waals surface area (Å²) in [6.45, 7) is 0.251. The molecule has 0 aliphatic heterocycles. The number of hydrogen-bond acceptors (Lipinski definition) is 4. The first-order chi connectivity index (χ1) is 12.9. The highest BCUT2D eigenvalue weighted by Gasteiger charge is 2.15. The van der Waals surface area contributed by atoms with Crippen LogP contribution in [0.1, 0.15) is 16.1 Å². The number of rotatable bonds is 5. The smallest absolute Gasteiger partial charge is 0.270 e. The van der Waals surface area contributed by atoms with Crippen molar-refractivity contribution in [3.8, 4) is 0 Å². The predicted molar refractivity (Wildman–Crippen MR) is 94.3 cm³/mol. The molecular weight excluding hydrogens is 381 g/mol. The molecule has 0 bridgehead atoms. The van der Waals surface area contributed by atoms with Crippen molar-refractivity contribution in [1.82, 2.24) is 15.3 Å². The molecule has 0 aliphatic rings. The summed E-state index contributed by atoms with van der Waals surface area (Å²) in [7, 11) is 0. The van der Waals surface area contributed by atoms with E-state index in [-0.39, 0.29) is 23.9 Å². The monoisotopic (exact) mass is 392 g/mol. The van der Waals surface area contributed by atoms with Crippen LogP contribution < -0.4 is 10.6 Å². The molecule has 3 aromatic rings. The Morgan fingerprint density at radius 2 is 1.74 bits per heavy atom. The Balaban J connectivity index is 1.70. The summed E-state index contributed by atoms with van der Waals surface area (Å²) in [4.78, 5) is 20.0. The highest BCUT2D eigenvalue weighted by Crippen LogP contribution is 2.22. The lowest BCUT2D eigenvalue weighted by molar-refractivity contribution is 0.0946. The Labute approximate surface area is 157 Å². The highest BCUT2D eigenvalue weighted by molar-refractivity contribution is 6.30. The molecule has 0 unspecified atom stereocenters. The van der Waals surface area contributed by atoms with Crippen molar-refractivity contribution in [3.63, 3.8) is 0 Å². The van der Waals surface area contributed by atoms with Crippen LogP contribution in [0, 0.1) is 17.5 Å². The normalized spacial score (nSPS) is 10.5. The van der Waals surface area contributed by atoms with Crippen molar-refractivity contribution in [2.24, 2.45) is 0 Å². The number of halogens is 4. The molecule has 0 atom stereocenters. The lowest BCUT2D eigenvalue weighted by Gasteiger charge is -2.09. The molecule has 2 aromatic carbocycles. The quantitative estimate of drug-likeness (QED) is 0.638. The second-order valence-electron chi connectivity index (χ2n) is 5.42. The van der Waals surface area contributed by atoms with Gasteiger partial charge in [0.25, 0.3) is 5.91 Å². The maximum atomic E-state index is 13.7. The zero-order valence-corrected chi connectivity index (χ0v) is 14.4. The zero-order chi connectivity index (χ0) is 19.4. The van der Waals surface area contributed by atoms with Crippen molar-refractivity contribution < 1.29 is 18.0 Å². The Kier molecular flexibility index (Phi) is 5.56. The van der Waals surface area contributed by atoms with E-state index in [1.165, 1.54) is 12.3 Å². The summed E-state index contributed by atoms with van der Waals surface area (Å²) in [5, 5.41) is 5.67. The molecule has 0 saturated heterocycles. The van der Waals surface area contributed by atoms with E-state index in [1.54, 1.807) is 24.3 Å². The summed E-state index contributed by atoms with van der Waals surface area (Å²) in [6.07, 6.45) is 1.28. The molecule has 9 heteroatoms. The van der Waals surface area contributed by atoms with Crippen LogP contribution in [0.15, 0.2) is 48.7 Å². The summed E-state index contributed by atoms with van der Waals surface area (Å²) < 4.78 is 40.0. The molecule has 1 aromatic heterocycles. The number of carbonyl (C=O) groups is 1. The second kappa shape index (κ2) is 8.05. The molecule has 1 amide bonds. The third kappa shape index (κ3) is 4.53. The average molecular weight is 393 g/mol. The van der Waals surface area contributed by atoms with Gasteiger partial charge in [-0.05, 0) is 35.9 Å². The average Bonchev–Trinajstić information content (AvgIpc) is 2.68. The minimum atomic E-state index is -1.61. The summed E-state index contributed by atoms with van der Waals surface area (Å²) >= 11 is 5.80. The van der Waals surface area contributed by atoms with Gasteiger partial charge in [0.1, 0.15) is 5.69 Å². The number of hydrogen-bond donors (Lipinski definition) is 2. The highest BCUT2D eigenvalue weighted by atomic mass is 35.5. The summed E-state index contributed by atoms with van der Waals surface area (Å²) in [6, 6.07) is 10.1. The van der Waals surface area contributed by atoms with Gasteiger partial charge in [0.15, 0.2) is 17.5 Å². The van der Waals surface area contributed by atoms with Crippen LogP contribution in [0.5, 0.6) is 0 Å². The first kappa shape index (κ1) is 18.7. The molecule has 0 aliphatic carbocycles. The van der Waals surface area contributed by atoms with Gasteiger partial charge in [-0.1, -0.05) is 23.7 Å². The van der Waals surface area contributed by atoms with E-state index in [4.69, 9.17) is 11.6 Å². The van der Waals surface area contributed by atoms with Crippen LogP contribution in [-0.4, -0.2) is 15.9 Å². The minimum absolute atomic E-state index is 0.0180. The fourth-order valence-electron chi connectivity index (χ4n) is 2.16. The molecule has 1 heterocycles. The van der Waals surface area contributed by atoms with Gasteiger partial charge in [0.05, 0.1) is 5.69 Å². The van der Waals surface area contributed by atoms with Crippen molar-refractivity contribution in [2.75, 3.05) is 5.32 Å². The van der Waals surface area contributed by atoms with Crippen molar-refractivity contribution in [3.05, 3.63) is 82.4 Å². The van der Waals surface area contributed by atoms with E-state index in [0.29, 0.717) is 5.02 Å². The van der Waals surface area contributed by atoms with Gasteiger partial charge in [-0.3, -0.25) is 4.79 Å². The number of nitrogens with one attached hydrogen (secondary N) is 2. The second-order valence-corrected chi connectivity index (χ2v) is 5.86. The number of amides is 1. The maximum absolute atomic E-state index is 13.7. The molecule has 0 spiro atoms. The number of benzene rings is 2. The van der Waals surface area contributed by atoms with Crippen molar-refractivity contribution in [2.45, 2.75) is 6.54 Å². The van der Waals surface area contributed by atoms with Gasteiger partial charge in [-0.25, -0.2) is 23.1 Å². The third-order valence-electron chi connectivity index (χ3n) is 3.54. The SMILES string of the molecule is O=C(NCc1ccc(Cl)cc1)c1ccnc(Nc2ccc(F)c(F)c2F)n1. The van der Waals surface area contributed by atoms with Crippen LogP contribution in [-0.2, 0) is 6.54 Å². The van der Waals surface area contributed by atoms with Crippen molar-refractivity contribution >= 4 is 29.1 Å². The van der Waals surface area contributed by atoms with Gasteiger partial charge in [-0.2, -0.15) is 0 Å². The van der Waals surface area contributed by atoms with Crippen LogP contribution in [0.2, 0.25) is 5.02 Å². The van der Waals surface area contributed by atoms with Gasteiger partial charge in [-0.15, -0.1) is 0 Å².